The van der Waals surface area contributed by atoms with Crippen LogP contribution in [-0.2, 0) is 0 Å². The third kappa shape index (κ3) is 2.11. The fourth-order valence-corrected chi connectivity index (χ4v) is 1.95. The fourth-order valence-electron chi connectivity index (χ4n) is 1.95. The van der Waals surface area contributed by atoms with Gasteiger partial charge >= 0.3 is 0 Å². The number of nitriles is 1. The number of para-hydroxylation sites is 1. The minimum Gasteiger partial charge on any atom is -0.393 e. The van der Waals surface area contributed by atoms with Gasteiger partial charge in [0.1, 0.15) is 6.07 Å². The summed E-state index contributed by atoms with van der Waals surface area (Å²) >= 11 is 0. The molecule has 1 heterocycles. The van der Waals surface area contributed by atoms with Crippen LogP contribution in [0, 0.1) is 11.3 Å². The maximum atomic E-state index is 9.41. The van der Waals surface area contributed by atoms with Crippen molar-refractivity contribution in [3.63, 3.8) is 0 Å². The van der Waals surface area contributed by atoms with E-state index >= 15 is 0 Å². The highest BCUT2D eigenvalue weighted by Gasteiger charge is 2.18. The number of benzene rings is 1. The molecule has 1 aromatic carbocycles. The first-order chi connectivity index (χ1) is 7.31. The van der Waals surface area contributed by atoms with Crippen molar-refractivity contribution in [1.82, 2.24) is 0 Å². The average molecular weight is 202 g/mol. The van der Waals surface area contributed by atoms with Gasteiger partial charge in [-0.05, 0) is 25.0 Å². The van der Waals surface area contributed by atoms with Gasteiger partial charge in [0.25, 0.3) is 0 Å². The van der Waals surface area contributed by atoms with Gasteiger partial charge in [-0.1, -0.05) is 12.1 Å². The van der Waals surface area contributed by atoms with Crippen molar-refractivity contribution >= 4 is 5.69 Å². The molecule has 0 atom stereocenters. The van der Waals surface area contributed by atoms with Crippen LogP contribution in [0.15, 0.2) is 24.3 Å². The summed E-state index contributed by atoms with van der Waals surface area (Å²) in [7, 11) is 0. The lowest BCUT2D eigenvalue weighted by Gasteiger charge is -2.31. The van der Waals surface area contributed by atoms with Crippen LogP contribution in [0.3, 0.4) is 0 Å². The molecule has 78 valence electrons. The van der Waals surface area contributed by atoms with Gasteiger partial charge in [0, 0.05) is 13.1 Å². The van der Waals surface area contributed by atoms with E-state index in [0.29, 0.717) is 5.56 Å². The standard InChI is InChI=1S/C12H14N2O/c13-9-10-3-1-2-4-12(10)14-7-5-11(15)6-8-14/h1-4,11,15H,5-8H2. The second-order valence-corrected chi connectivity index (χ2v) is 3.85. The summed E-state index contributed by atoms with van der Waals surface area (Å²) in [6.45, 7) is 1.67. The summed E-state index contributed by atoms with van der Waals surface area (Å²) < 4.78 is 0. The molecule has 0 bridgehead atoms. The Morgan fingerprint density at radius 2 is 1.93 bits per heavy atom. The van der Waals surface area contributed by atoms with Gasteiger partial charge in [0.05, 0.1) is 17.4 Å². The summed E-state index contributed by atoms with van der Waals surface area (Å²) in [5.41, 5.74) is 1.71. The van der Waals surface area contributed by atoms with Crippen molar-refractivity contribution in [3.05, 3.63) is 29.8 Å². The van der Waals surface area contributed by atoms with E-state index in [-0.39, 0.29) is 6.10 Å². The molecule has 0 saturated carbocycles. The molecule has 15 heavy (non-hydrogen) atoms. The number of anilines is 1. The lowest BCUT2D eigenvalue weighted by atomic mass is 10.1. The molecule has 1 N–H and O–H groups in total. The zero-order chi connectivity index (χ0) is 10.7. The van der Waals surface area contributed by atoms with Crippen LogP contribution in [0.2, 0.25) is 0 Å². The lowest BCUT2D eigenvalue weighted by molar-refractivity contribution is 0.145. The average Bonchev–Trinajstić information content (AvgIpc) is 2.30. The molecule has 1 saturated heterocycles. The number of aliphatic hydroxyl groups excluding tert-OH is 1. The Labute approximate surface area is 89.6 Å². The number of hydrogen-bond acceptors (Lipinski definition) is 3. The van der Waals surface area contributed by atoms with Crippen LogP contribution in [0.25, 0.3) is 0 Å². The zero-order valence-corrected chi connectivity index (χ0v) is 8.56. The molecule has 0 radical (unpaired) electrons. The molecule has 0 aromatic heterocycles. The summed E-state index contributed by atoms with van der Waals surface area (Å²) in [5, 5.41) is 18.4. The van der Waals surface area contributed by atoms with E-state index < -0.39 is 0 Å². The Bertz CT molecular complexity index is 375. The lowest BCUT2D eigenvalue weighted by Crippen LogP contribution is -2.36. The Kier molecular flexibility index (Phi) is 2.89. The number of hydrogen-bond donors (Lipinski definition) is 1. The molecule has 2 rings (SSSR count). The molecule has 1 fully saturated rings. The Morgan fingerprint density at radius 3 is 2.60 bits per heavy atom. The highest BCUT2D eigenvalue weighted by atomic mass is 16.3. The van der Waals surface area contributed by atoms with E-state index in [1.54, 1.807) is 0 Å². The Balaban J connectivity index is 2.19. The maximum absolute atomic E-state index is 9.41. The molecule has 0 amide bonds. The van der Waals surface area contributed by atoms with Crippen LogP contribution < -0.4 is 4.90 Å². The van der Waals surface area contributed by atoms with Crippen molar-refractivity contribution in [2.75, 3.05) is 18.0 Å². The summed E-state index contributed by atoms with van der Waals surface area (Å²) in [6, 6.07) is 9.82. The van der Waals surface area contributed by atoms with Gasteiger partial charge in [0.2, 0.25) is 0 Å². The van der Waals surface area contributed by atoms with E-state index in [1.165, 1.54) is 0 Å². The predicted molar refractivity (Wildman–Crippen MR) is 58.6 cm³/mol. The van der Waals surface area contributed by atoms with Crippen LogP contribution in [0.4, 0.5) is 5.69 Å². The molecule has 1 aliphatic rings. The van der Waals surface area contributed by atoms with Crippen LogP contribution >= 0.6 is 0 Å². The fraction of sp³-hybridized carbons (Fsp3) is 0.417. The minimum atomic E-state index is -0.171. The summed E-state index contributed by atoms with van der Waals surface area (Å²) in [5.74, 6) is 0. The smallest absolute Gasteiger partial charge is 0.101 e. The van der Waals surface area contributed by atoms with Gasteiger partial charge in [0.15, 0.2) is 0 Å². The van der Waals surface area contributed by atoms with Crippen molar-refractivity contribution in [2.45, 2.75) is 18.9 Å². The van der Waals surface area contributed by atoms with Gasteiger partial charge in [-0.3, -0.25) is 0 Å². The molecule has 3 nitrogen and oxygen atoms in total. The highest BCUT2D eigenvalue weighted by Crippen LogP contribution is 2.23. The Hall–Kier alpha value is -1.53. The summed E-state index contributed by atoms with van der Waals surface area (Å²) in [4.78, 5) is 2.17. The van der Waals surface area contributed by atoms with E-state index in [0.717, 1.165) is 31.6 Å². The van der Waals surface area contributed by atoms with Crippen molar-refractivity contribution in [3.8, 4) is 6.07 Å². The van der Waals surface area contributed by atoms with Gasteiger partial charge in [-0.25, -0.2) is 0 Å². The number of piperidine rings is 1. The van der Waals surface area contributed by atoms with Crippen molar-refractivity contribution < 1.29 is 5.11 Å². The molecule has 3 heteroatoms. The Morgan fingerprint density at radius 1 is 1.27 bits per heavy atom. The number of nitrogens with zero attached hydrogens (tertiary/aromatic N) is 2. The molecule has 1 aliphatic heterocycles. The minimum absolute atomic E-state index is 0.171. The maximum Gasteiger partial charge on any atom is 0.101 e. The predicted octanol–water partition coefficient (Wildman–Crippen LogP) is 1.52. The van der Waals surface area contributed by atoms with E-state index in [1.807, 2.05) is 24.3 Å². The first-order valence-corrected chi connectivity index (χ1v) is 5.23. The third-order valence-corrected chi connectivity index (χ3v) is 2.83. The zero-order valence-electron chi connectivity index (χ0n) is 8.56. The highest BCUT2D eigenvalue weighted by molar-refractivity contribution is 5.59. The molecule has 0 aliphatic carbocycles. The topological polar surface area (TPSA) is 47.3 Å². The summed E-state index contributed by atoms with van der Waals surface area (Å²) in [6.07, 6.45) is 1.41. The van der Waals surface area contributed by atoms with E-state index in [9.17, 15) is 5.11 Å². The first kappa shape index (κ1) is 10.0. The second-order valence-electron chi connectivity index (χ2n) is 3.85. The van der Waals surface area contributed by atoms with Crippen LogP contribution in [-0.4, -0.2) is 24.3 Å². The third-order valence-electron chi connectivity index (χ3n) is 2.83. The quantitative estimate of drug-likeness (QED) is 0.751. The molecule has 1 aromatic rings. The van der Waals surface area contributed by atoms with Crippen LogP contribution in [0.1, 0.15) is 18.4 Å². The van der Waals surface area contributed by atoms with E-state index in [2.05, 4.69) is 11.0 Å². The molecular formula is C12H14N2O. The normalized spacial score (nSPS) is 17.5. The van der Waals surface area contributed by atoms with Gasteiger partial charge in [-0.2, -0.15) is 5.26 Å². The van der Waals surface area contributed by atoms with E-state index in [4.69, 9.17) is 5.26 Å². The van der Waals surface area contributed by atoms with Crippen molar-refractivity contribution in [1.29, 1.82) is 5.26 Å². The monoisotopic (exact) mass is 202 g/mol. The molecule has 0 spiro atoms. The second kappa shape index (κ2) is 4.33. The molecular weight excluding hydrogens is 188 g/mol. The largest absolute Gasteiger partial charge is 0.393 e. The first-order valence-electron chi connectivity index (χ1n) is 5.23. The SMILES string of the molecule is N#Cc1ccccc1N1CCC(O)CC1. The van der Waals surface area contributed by atoms with Gasteiger partial charge in [-0.15, -0.1) is 0 Å². The van der Waals surface area contributed by atoms with Crippen molar-refractivity contribution in [2.24, 2.45) is 0 Å². The number of aliphatic hydroxyl groups is 1. The van der Waals surface area contributed by atoms with Crippen LogP contribution in [0.5, 0.6) is 0 Å². The van der Waals surface area contributed by atoms with Gasteiger partial charge < -0.3 is 10.0 Å². The number of rotatable bonds is 1. The molecule has 0 unspecified atom stereocenters.